The summed E-state index contributed by atoms with van der Waals surface area (Å²) in [6.07, 6.45) is 0.800. The summed E-state index contributed by atoms with van der Waals surface area (Å²) in [7, 11) is 7.17. The molecule has 29 heavy (non-hydrogen) atoms. The van der Waals surface area contributed by atoms with Crippen LogP contribution in [-0.4, -0.2) is 57.2 Å². The Morgan fingerprint density at radius 1 is 1.07 bits per heavy atom. The lowest BCUT2D eigenvalue weighted by atomic mass is 10.1. The molecule has 0 aliphatic rings. The van der Waals surface area contributed by atoms with Crippen LogP contribution in [0.4, 0.5) is 5.13 Å². The van der Waals surface area contributed by atoms with E-state index in [9.17, 15) is 4.79 Å². The maximum Gasteiger partial charge on any atom is 0.263 e. The minimum atomic E-state index is -0.157. The summed E-state index contributed by atoms with van der Waals surface area (Å²) in [4.78, 5) is 21.9. The van der Waals surface area contributed by atoms with E-state index in [1.54, 1.807) is 43.4 Å². The quantitative estimate of drug-likeness (QED) is 0.521. The van der Waals surface area contributed by atoms with Crippen LogP contribution < -0.4 is 14.4 Å². The van der Waals surface area contributed by atoms with E-state index in [0.29, 0.717) is 39.3 Å². The molecule has 0 N–H and O–H groups in total. The summed E-state index contributed by atoms with van der Waals surface area (Å²) in [5.74, 6) is 1.01. The first-order valence-electron chi connectivity index (χ1n) is 9.19. The van der Waals surface area contributed by atoms with Gasteiger partial charge in [-0.3, -0.25) is 9.69 Å². The normalized spacial score (nSPS) is 11.1. The van der Waals surface area contributed by atoms with Crippen LogP contribution in [0, 0.1) is 0 Å². The monoisotopic (exact) mass is 433 g/mol. The van der Waals surface area contributed by atoms with Crippen LogP contribution in [0.3, 0.4) is 0 Å². The Hall–Kier alpha value is -2.35. The van der Waals surface area contributed by atoms with Crippen LogP contribution in [0.15, 0.2) is 36.4 Å². The van der Waals surface area contributed by atoms with Gasteiger partial charge < -0.3 is 14.4 Å². The summed E-state index contributed by atoms with van der Waals surface area (Å²) in [6, 6.07) is 10.8. The molecule has 0 bridgehead atoms. The number of nitrogens with zero attached hydrogens (tertiary/aromatic N) is 3. The van der Waals surface area contributed by atoms with Crippen molar-refractivity contribution in [3.05, 3.63) is 47.0 Å². The number of amides is 1. The average molecular weight is 434 g/mol. The van der Waals surface area contributed by atoms with Gasteiger partial charge >= 0.3 is 0 Å². The van der Waals surface area contributed by atoms with Crippen LogP contribution in [0.25, 0.3) is 10.2 Å². The predicted octanol–water partition coefficient (Wildman–Crippen LogP) is 4.57. The molecule has 0 atom stereocenters. The topological polar surface area (TPSA) is 54.9 Å². The Bertz CT molecular complexity index is 1010. The molecule has 0 saturated heterocycles. The molecule has 0 aliphatic heterocycles. The number of benzene rings is 2. The highest BCUT2D eigenvalue weighted by Crippen LogP contribution is 2.39. The van der Waals surface area contributed by atoms with Crippen LogP contribution >= 0.6 is 22.9 Å². The highest BCUT2D eigenvalue weighted by Gasteiger charge is 2.25. The molecular formula is C21H24ClN3O3S. The van der Waals surface area contributed by atoms with E-state index in [2.05, 4.69) is 4.90 Å². The molecule has 1 heterocycles. The largest absolute Gasteiger partial charge is 0.496 e. The predicted molar refractivity (Wildman–Crippen MR) is 119 cm³/mol. The number of carbonyl (C=O) groups excluding carboxylic acids is 1. The lowest BCUT2D eigenvalue weighted by Crippen LogP contribution is -2.33. The molecule has 0 radical (unpaired) electrons. The molecule has 8 heteroatoms. The zero-order valence-electron chi connectivity index (χ0n) is 16.9. The van der Waals surface area contributed by atoms with E-state index in [0.717, 1.165) is 17.7 Å². The standard InChI is InChI=1S/C21H24ClN3O3S/c1-24(2)12-7-13-25(20(26)14-8-5-6-9-16(14)27-3)21-23-18-17(28-4)11-10-15(22)19(18)29-21/h5-6,8-11H,7,12-13H2,1-4H3. The summed E-state index contributed by atoms with van der Waals surface area (Å²) < 4.78 is 11.6. The van der Waals surface area contributed by atoms with Crippen LogP contribution in [-0.2, 0) is 0 Å². The van der Waals surface area contributed by atoms with E-state index < -0.39 is 0 Å². The number of carbonyl (C=O) groups is 1. The number of methoxy groups -OCH3 is 2. The number of ether oxygens (including phenoxy) is 2. The van der Waals surface area contributed by atoms with Crippen LogP contribution in [0.1, 0.15) is 16.8 Å². The number of hydrogen-bond acceptors (Lipinski definition) is 6. The number of anilines is 1. The maximum atomic E-state index is 13.5. The third kappa shape index (κ3) is 4.63. The smallest absolute Gasteiger partial charge is 0.263 e. The Morgan fingerprint density at radius 3 is 2.48 bits per heavy atom. The Labute approximate surface area is 179 Å². The molecule has 3 rings (SSSR count). The summed E-state index contributed by atoms with van der Waals surface area (Å²) in [6.45, 7) is 1.37. The van der Waals surface area contributed by atoms with Gasteiger partial charge in [0.05, 0.1) is 29.5 Å². The van der Waals surface area contributed by atoms with E-state index >= 15 is 0 Å². The van der Waals surface area contributed by atoms with Gasteiger partial charge in [0.15, 0.2) is 5.13 Å². The fourth-order valence-electron chi connectivity index (χ4n) is 3.02. The molecule has 3 aromatic rings. The molecule has 0 unspecified atom stereocenters. The number of halogens is 1. The summed E-state index contributed by atoms with van der Waals surface area (Å²) in [5, 5.41) is 1.17. The first-order valence-corrected chi connectivity index (χ1v) is 10.4. The molecule has 0 fully saturated rings. The molecular weight excluding hydrogens is 410 g/mol. The zero-order chi connectivity index (χ0) is 21.0. The number of thiazole rings is 1. The fraction of sp³-hybridized carbons (Fsp3) is 0.333. The Balaban J connectivity index is 2.04. The van der Waals surface area contributed by atoms with Gasteiger partial charge in [0.1, 0.15) is 17.0 Å². The van der Waals surface area contributed by atoms with Gasteiger partial charge in [-0.2, -0.15) is 0 Å². The second kappa shape index (κ2) is 9.43. The maximum absolute atomic E-state index is 13.5. The second-order valence-corrected chi connectivity index (χ2v) is 8.12. The number of fused-ring (bicyclic) bond motifs is 1. The summed E-state index contributed by atoms with van der Waals surface area (Å²) >= 11 is 7.76. The molecule has 0 spiro atoms. The third-order valence-electron chi connectivity index (χ3n) is 4.47. The van der Waals surface area contributed by atoms with Crippen molar-refractivity contribution in [3.63, 3.8) is 0 Å². The Kier molecular flexibility index (Phi) is 6.95. The molecule has 2 aromatic carbocycles. The van der Waals surface area contributed by atoms with Gasteiger partial charge in [0.25, 0.3) is 5.91 Å². The van der Waals surface area contributed by atoms with Crippen molar-refractivity contribution in [1.29, 1.82) is 0 Å². The zero-order valence-corrected chi connectivity index (χ0v) is 18.5. The fourth-order valence-corrected chi connectivity index (χ4v) is 4.30. The van der Waals surface area contributed by atoms with Crippen molar-refractivity contribution in [2.45, 2.75) is 6.42 Å². The first-order chi connectivity index (χ1) is 14.0. The van der Waals surface area contributed by atoms with Crippen LogP contribution in [0.5, 0.6) is 11.5 Å². The van der Waals surface area contributed by atoms with Gasteiger partial charge in [-0.25, -0.2) is 4.98 Å². The first kappa shape index (κ1) is 21.4. The Morgan fingerprint density at radius 2 is 1.79 bits per heavy atom. The number of aromatic nitrogens is 1. The van der Waals surface area contributed by atoms with Crippen LogP contribution in [0.2, 0.25) is 5.02 Å². The number of para-hydroxylation sites is 1. The number of hydrogen-bond donors (Lipinski definition) is 0. The molecule has 1 amide bonds. The second-order valence-electron chi connectivity index (χ2n) is 6.74. The van der Waals surface area contributed by atoms with Crippen molar-refractivity contribution in [2.75, 3.05) is 46.3 Å². The van der Waals surface area contributed by atoms with Crippen molar-refractivity contribution in [3.8, 4) is 11.5 Å². The minimum Gasteiger partial charge on any atom is -0.496 e. The molecule has 154 valence electrons. The van der Waals surface area contributed by atoms with Crippen molar-refractivity contribution >= 4 is 44.2 Å². The van der Waals surface area contributed by atoms with Gasteiger partial charge in [-0.15, -0.1) is 0 Å². The lowest BCUT2D eigenvalue weighted by Gasteiger charge is -2.22. The summed E-state index contributed by atoms with van der Waals surface area (Å²) in [5.41, 5.74) is 1.16. The number of rotatable bonds is 8. The van der Waals surface area contributed by atoms with Crippen molar-refractivity contribution in [1.82, 2.24) is 9.88 Å². The molecule has 6 nitrogen and oxygen atoms in total. The molecule has 1 aromatic heterocycles. The average Bonchev–Trinajstić information content (AvgIpc) is 3.17. The van der Waals surface area contributed by atoms with E-state index in [-0.39, 0.29) is 5.91 Å². The lowest BCUT2D eigenvalue weighted by molar-refractivity contribution is 0.0983. The van der Waals surface area contributed by atoms with Gasteiger partial charge in [-0.05, 0) is 51.3 Å². The van der Waals surface area contributed by atoms with Gasteiger partial charge in [-0.1, -0.05) is 35.1 Å². The highest BCUT2D eigenvalue weighted by molar-refractivity contribution is 7.23. The van der Waals surface area contributed by atoms with Gasteiger partial charge in [0, 0.05) is 6.54 Å². The molecule has 0 aliphatic carbocycles. The SMILES string of the molecule is COc1ccccc1C(=O)N(CCCN(C)C)c1nc2c(OC)ccc(Cl)c2s1. The van der Waals surface area contributed by atoms with E-state index in [1.807, 2.05) is 26.2 Å². The van der Waals surface area contributed by atoms with Gasteiger partial charge in [0.2, 0.25) is 0 Å². The minimum absolute atomic E-state index is 0.157. The van der Waals surface area contributed by atoms with Crippen molar-refractivity contribution < 1.29 is 14.3 Å². The molecule has 0 saturated carbocycles. The third-order valence-corrected chi connectivity index (χ3v) is 6.01. The van der Waals surface area contributed by atoms with E-state index in [4.69, 9.17) is 26.1 Å². The van der Waals surface area contributed by atoms with E-state index in [1.165, 1.54) is 11.3 Å². The highest BCUT2D eigenvalue weighted by atomic mass is 35.5. The van der Waals surface area contributed by atoms with Crippen molar-refractivity contribution in [2.24, 2.45) is 0 Å².